The summed E-state index contributed by atoms with van der Waals surface area (Å²) in [5.41, 5.74) is 18.2. The van der Waals surface area contributed by atoms with Crippen molar-refractivity contribution in [2.75, 3.05) is 0 Å². The number of aryl methyl sites for hydroxylation is 1. The number of aromatic nitrogens is 2. The van der Waals surface area contributed by atoms with E-state index in [0.29, 0.717) is 11.8 Å². The molecule has 254 valence electrons. The Bertz CT molecular complexity index is 2670. The van der Waals surface area contributed by atoms with Crippen molar-refractivity contribution < 1.29 is 0 Å². The van der Waals surface area contributed by atoms with Crippen LogP contribution in [0, 0.1) is 12.8 Å². The van der Waals surface area contributed by atoms with E-state index in [-0.39, 0.29) is 11.3 Å². The number of hydrogen-bond acceptors (Lipinski definition) is 1. The molecule has 1 spiro atoms. The Morgan fingerprint density at radius 1 is 0.717 bits per heavy atom. The fraction of sp³-hybridized carbons (Fsp3) is 0.157. The van der Waals surface area contributed by atoms with Gasteiger partial charge in [0.05, 0.1) is 16.4 Å². The highest BCUT2D eigenvalue weighted by Crippen LogP contribution is 2.65. The molecule has 1 aromatic heterocycles. The maximum atomic E-state index is 5.19. The Kier molecular flexibility index (Phi) is 6.80. The molecule has 53 heavy (non-hydrogen) atoms. The topological polar surface area (TPSA) is 17.8 Å². The van der Waals surface area contributed by atoms with Gasteiger partial charge in [-0.1, -0.05) is 151 Å². The van der Waals surface area contributed by atoms with Crippen LogP contribution in [0.3, 0.4) is 0 Å². The van der Waals surface area contributed by atoms with Crippen LogP contribution >= 0.6 is 0 Å². The first-order valence-corrected chi connectivity index (χ1v) is 19.2. The molecular weight excluding hydrogens is 641 g/mol. The molecule has 6 aromatic rings. The minimum absolute atomic E-state index is 0.268. The zero-order chi connectivity index (χ0) is 35.1. The third kappa shape index (κ3) is 4.48. The lowest BCUT2D eigenvalue weighted by Crippen LogP contribution is -2.33. The largest absolute Gasteiger partial charge is 0.296 e. The standard InChI is InChI=1S/C51H40N2/c1-33-19-21-34(22-20-33)37-27-29-42-43-30-28-38(32-47(43)51(46(42)31-37)44-15-7-5-13-40(44)41-14-6-8-16-45(41)51)35-23-25-36(26-24-35)50-52-48-17-9-10-18-49(48)53(50)39-11-3-2-4-12-39/h2-3,5-11,13-23,25-32,35,40,44H,4,12,24H2,1H3. The average Bonchev–Trinajstić information content (AvgIpc) is 3.85. The quantitative estimate of drug-likeness (QED) is 0.181. The van der Waals surface area contributed by atoms with Crippen LogP contribution in [0.25, 0.3) is 44.6 Å². The van der Waals surface area contributed by atoms with Gasteiger partial charge in [-0.05, 0) is 101 Å². The molecule has 0 saturated carbocycles. The average molecular weight is 681 g/mol. The first-order valence-electron chi connectivity index (χ1n) is 19.2. The van der Waals surface area contributed by atoms with Crippen LogP contribution in [0.4, 0.5) is 0 Å². The molecule has 11 rings (SSSR count). The summed E-state index contributed by atoms with van der Waals surface area (Å²) in [5.74, 6) is 1.98. The highest BCUT2D eigenvalue weighted by molar-refractivity contribution is 5.89. The molecule has 0 amide bonds. The van der Waals surface area contributed by atoms with Gasteiger partial charge in [-0.25, -0.2) is 4.98 Å². The van der Waals surface area contributed by atoms with Crippen LogP contribution < -0.4 is 0 Å². The lowest BCUT2D eigenvalue weighted by Gasteiger charge is -2.36. The molecule has 0 bridgehead atoms. The summed E-state index contributed by atoms with van der Waals surface area (Å²) in [4.78, 5) is 5.19. The summed E-state index contributed by atoms with van der Waals surface area (Å²) < 4.78 is 2.39. The molecule has 0 radical (unpaired) electrons. The van der Waals surface area contributed by atoms with E-state index in [1.165, 1.54) is 72.4 Å². The van der Waals surface area contributed by atoms with Crippen molar-refractivity contribution in [1.29, 1.82) is 0 Å². The Balaban J connectivity index is 1.03. The minimum Gasteiger partial charge on any atom is -0.296 e. The molecule has 5 aromatic carbocycles. The van der Waals surface area contributed by atoms with Crippen LogP contribution in [0.1, 0.15) is 70.3 Å². The van der Waals surface area contributed by atoms with E-state index in [4.69, 9.17) is 4.98 Å². The smallest absolute Gasteiger partial charge is 0.145 e. The van der Waals surface area contributed by atoms with Crippen molar-refractivity contribution in [2.24, 2.45) is 5.92 Å². The number of para-hydroxylation sites is 2. The van der Waals surface area contributed by atoms with E-state index in [1.54, 1.807) is 0 Å². The molecule has 0 fully saturated rings. The second-order valence-electron chi connectivity index (χ2n) is 15.4. The van der Waals surface area contributed by atoms with E-state index in [1.807, 2.05) is 0 Å². The van der Waals surface area contributed by atoms with Crippen molar-refractivity contribution in [3.05, 3.63) is 209 Å². The first-order chi connectivity index (χ1) is 26.2. The molecule has 2 nitrogen and oxygen atoms in total. The highest BCUT2D eigenvalue weighted by atomic mass is 15.1. The van der Waals surface area contributed by atoms with Gasteiger partial charge in [0.2, 0.25) is 0 Å². The molecule has 5 aliphatic rings. The number of benzene rings is 5. The van der Waals surface area contributed by atoms with Crippen molar-refractivity contribution >= 4 is 22.3 Å². The third-order valence-corrected chi connectivity index (χ3v) is 12.6. The van der Waals surface area contributed by atoms with Crippen LogP contribution in [-0.2, 0) is 5.41 Å². The Morgan fingerprint density at radius 2 is 1.51 bits per heavy atom. The lowest BCUT2D eigenvalue weighted by atomic mass is 9.65. The maximum Gasteiger partial charge on any atom is 0.145 e. The maximum absolute atomic E-state index is 5.19. The van der Waals surface area contributed by atoms with Gasteiger partial charge in [0, 0.05) is 29.0 Å². The lowest BCUT2D eigenvalue weighted by molar-refractivity contribution is 0.465. The summed E-state index contributed by atoms with van der Waals surface area (Å²) in [6.45, 7) is 2.16. The van der Waals surface area contributed by atoms with Crippen molar-refractivity contribution in [2.45, 2.75) is 43.4 Å². The number of rotatable bonds is 4. The molecule has 4 atom stereocenters. The van der Waals surface area contributed by atoms with Gasteiger partial charge < -0.3 is 0 Å². The van der Waals surface area contributed by atoms with Gasteiger partial charge >= 0.3 is 0 Å². The number of allylic oxidation sites excluding steroid dienone is 12. The van der Waals surface area contributed by atoms with Gasteiger partial charge in [-0.15, -0.1) is 0 Å². The van der Waals surface area contributed by atoms with Gasteiger partial charge in [0.15, 0.2) is 0 Å². The van der Waals surface area contributed by atoms with Gasteiger partial charge in [0.25, 0.3) is 0 Å². The monoisotopic (exact) mass is 680 g/mol. The minimum atomic E-state index is -0.268. The number of hydrogen-bond donors (Lipinski definition) is 0. The van der Waals surface area contributed by atoms with Crippen LogP contribution in [0.15, 0.2) is 170 Å². The second-order valence-corrected chi connectivity index (χ2v) is 15.4. The summed E-state index contributed by atoms with van der Waals surface area (Å²) in [7, 11) is 0. The molecule has 2 heteroatoms. The Hall–Kier alpha value is -5.99. The van der Waals surface area contributed by atoms with Crippen molar-refractivity contribution in [3.8, 4) is 22.3 Å². The van der Waals surface area contributed by atoms with Gasteiger partial charge in [0.1, 0.15) is 5.82 Å². The normalized spacial score (nSPS) is 23.2. The fourth-order valence-electron chi connectivity index (χ4n) is 10.1. The molecule has 0 aliphatic heterocycles. The Morgan fingerprint density at radius 3 is 2.36 bits per heavy atom. The molecule has 4 unspecified atom stereocenters. The van der Waals surface area contributed by atoms with Crippen LogP contribution in [-0.4, -0.2) is 9.55 Å². The van der Waals surface area contributed by atoms with Crippen LogP contribution in [0.5, 0.6) is 0 Å². The SMILES string of the molecule is Cc1ccc(-c2ccc3c(c2)C2(c4cc(C5C=CC(c6nc7ccccc7n6C6=CC=CCC6)=CC5)ccc4-3)c3ccccc3C3C=CC=CC32)cc1. The molecule has 5 aliphatic carbocycles. The van der Waals surface area contributed by atoms with Crippen molar-refractivity contribution in [1.82, 2.24) is 9.55 Å². The number of imidazole rings is 1. The highest BCUT2D eigenvalue weighted by Gasteiger charge is 2.57. The van der Waals surface area contributed by atoms with E-state index in [9.17, 15) is 0 Å². The summed E-state index contributed by atoms with van der Waals surface area (Å²) in [5, 5.41) is 0. The summed E-state index contributed by atoms with van der Waals surface area (Å²) in [6.07, 6.45) is 26.3. The second kappa shape index (κ2) is 11.8. The fourth-order valence-corrected chi connectivity index (χ4v) is 10.1. The number of nitrogens with zero attached hydrogens (tertiary/aromatic N) is 2. The molecule has 0 saturated heterocycles. The van der Waals surface area contributed by atoms with E-state index in [0.717, 1.165) is 30.6 Å². The zero-order valence-electron chi connectivity index (χ0n) is 29.9. The summed E-state index contributed by atoms with van der Waals surface area (Å²) >= 11 is 0. The van der Waals surface area contributed by atoms with Gasteiger partial charge in [-0.3, -0.25) is 4.57 Å². The molecule has 1 heterocycles. The van der Waals surface area contributed by atoms with Gasteiger partial charge in [-0.2, -0.15) is 0 Å². The van der Waals surface area contributed by atoms with E-state index >= 15 is 0 Å². The number of fused-ring (bicyclic) bond motifs is 11. The Labute approximate surface area is 311 Å². The first kappa shape index (κ1) is 30.6. The molecular formula is C51H40N2. The van der Waals surface area contributed by atoms with E-state index < -0.39 is 0 Å². The predicted molar refractivity (Wildman–Crippen MR) is 220 cm³/mol. The third-order valence-electron chi connectivity index (χ3n) is 12.6. The van der Waals surface area contributed by atoms with Crippen molar-refractivity contribution in [3.63, 3.8) is 0 Å². The summed E-state index contributed by atoms with van der Waals surface area (Å²) in [6, 6.07) is 41.5. The zero-order valence-corrected chi connectivity index (χ0v) is 29.9. The predicted octanol–water partition coefficient (Wildman–Crippen LogP) is 12.5. The van der Waals surface area contributed by atoms with Crippen LogP contribution in [0.2, 0.25) is 0 Å². The van der Waals surface area contributed by atoms with E-state index in [2.05, 4.69) is 181 Å². The molecule has 0 N–H and O–H groups in total.